The molecule has 0 amide bonds. The van der Waals surface area contributed by atoms with Crippen LogP contribution in [0.5, 0.6) is 0 Å². The lowest BCUT2D eigenvalue weighted by Gasteiger charge is -2.26. The van der Waals surface area contributed by atoms with Crippen molar-refractivity contribution in [2.24, 2.45) is 11.8 Å². The Labute approximate surface area is 276 Å². The van der Waals surface area contributed by atoms with Gasteiger partial charge < -0.3 is 10.0 Å². The summed E-state index contributed by atoms with van der Waals surface area (Å²) in [6.07, 6.45) is 30.2. The molecule has 44 heavy (non-hydrogen) atoms. The number of nitrogens with zero attached hydrogens (tertiary/aromatic N) is 1. The molecule has 0 aromatic carbocycles. The van der Waals surface area contributed by atoms with E-state index in [0.717, 1.165) is 25.7 Å². The van der Waals surface area contributed by atoms with Gasteiger partial charge in [-0.25, -0.2) is 9.65 Å². The molecule has 0 saturated heterocycles. The minimum Gasteiger partial charge on any atom is -0.395 e. The van der Waals surface area contributed by atoms with Crippen molar-refractivity contribution in [1.29, 1.82) is 0 Å². The molecular weight excluding hydrogens is 567 g/mol. The highest BCUT2D eigenvalue weighted by molar-refractivity contribution is 7.51. The van der Waals surface area contributed by atoms with Crippen LogP contribution in [0.1, 0.15) is 182 Å². The first-order chi connectivity index (χ1) is 21.4. The van der Waals surface area contributed by atoms with Crippen molar-refractivity contribution in [3.05, 3.63) is 0 Å². The van der Waals surface area contributed by atoms with Crippen LogP contribution in [-0.2, 0) is 13.6 Å². The summed E-state index contributed by atoms with van der Waals surface area (Å²) in [6.45, 7) is 12.0. The molecule has 0 radical (unpaired) electrons. The standard InChI is InChI=1S/C37H79N2O4P/c1-6-10-14-18-20-24-28-36(26-22-16-12-8-3)34-42-44(41,38-30-31-39(5)32-33-40)43-35-37(27-23-17-13-9-4)29-25-21-19-15-11-7-2/h36-37,40H,6-35H2,1-5H3,(H,38,41). The molecule has 7 heteroatoms. The lowest BCUT2D eigenvalue weighted by molar-refractivity contribution is 0.139. The number of likely N-dealkylation sites (N-methyl/N-ethyl adjacent to an activating group) is 1. The highest BCUT2D eigenvalue weighted by Crippen LogP contribution is 2.45. The van der Waals surface area contributed by atoms with Crippen LogP contribution in [0.4, 0.5) is 0 Å². The summed E-state index contributed by atoms with van der Waals surface area (Å²) in [7, 11) is -1.46. The van der Waals surface area contributed by atoms with Crippen LogP contribution in [0.2, 0.25) is 0 Å². The van der Waals surface area contributed by atoms with Crippen LogP contribution in [0.3, 0.4) is 0 Å². The van der Waals surface area contributed by atoms with E-state index in [9.17, 15) is 9.67 Å². The van der Waals surface area contributed by atoms with E-state index in [0.29, 0.717) is 44.7 Å². The number of aliphatic hydroxyl groups is 1. The van der Waals surface area contributed by atoms with Gasteiger partial charge in [-0.3, -0.25) is 9.05 Å². The average Bonchev–Trinajstić information content (AvgIpc) is 3.01. The zero-order chi connectivity index (χ0) is 32.6. The zero-order valence-corrected chi connectivity index (χ0v) is 31.3. The summed E-state index contributed by atoms with van der Waals surface area (Å²) in [5, 5.41) is 12.5. The molecule has 0 aliphatic rings. The molecular formula is C37H79N2O4P. The van der Waals surface area contributed by atoms with Gasteiger partial charge in [-0.05, 0) is 44.6 Å². The van der Waals surface area contributed by atoms with Gasteiger partial charge in [-0.1, -0.05) is 156 Å². The molecule has 0 rings (SSSR count). The highest BCUT2D eigenvalue weighted by Gasteiger charge is 2.27. The Morgan fingerprint density at radius 2 is 0.909 bits per heavy atom. The number of hydrogen-bond donors (Lipinski definition) is 2. The normalized spacial score (nSPS) is 14.7. The van der Waals surface area contributed by atoms with Crippen LogP contribution in [0.25, 0.3) is 0 Å². The lowest BCUT2D eigenvalue weighted by Crippen LogP contribution is -2.31. The fraction of sp³-hybridized carbons (Fsp3) is 1.00. The van der Waals surface area contributed by atoms with E-state index in [1.165, 1.54) is 128 Å². The first-order valence-corrected chi connectivity index (χ1v) is 20.9. The Kier molecular flexibility index (Phi) is 33.0. The Bertz CT molecular complexity index is 584. The van der Waals surface area contributed by atoms with E-state index in [1.54, 1.807) is 0 Å². The van der Waals surface area contributed by atoms with Gasteiger partial charge >= 0.3 is 7.75 Å². The molecule has 2 N–H and O–H groups in total. The molecule has 266 valence electrons. The molecule has 0 aromatic heterocycles. The second-order valence-corrected chi connectivity index (χ2v) is 15.4. The number of nitrogens with one attached hydrogen (secondary N) is 1. The third-order valence-electron chi connectivity index (χ3n) is 9.10. The number of rotatable bonds is 36. The summed E-state index contributed by atoms with van der Waals surface area (Å²) >= 11 is 0. The second-order valence-electron chi connectivity index (χ2n) is 13.6. The second kappa shape index (κ2) is 33.0. The van der Waals surface area contributed by atoms with E-state index in [-0.39, 0.29) is 6.61 Å². The number of aliphatic hydroxyl groups excluding tert-OH is 1. The largest absolute Gasteiger partial charge is 0.405 e. The molecule has 0 heterocycles. The molecule has 0 saturated carbocycles. The molecule has 2 atom stereocenters. The third kappa shape index (κ3) is 28.3. The minimum absolute atomic E-state index is 0.122. The summed E-state index contributed by atoms with van der Waals surface area (Å²) in [6, 6.07) is 0. The van der Waals surface area contributed by atoms with Crippen LogP contribution in [0, 0.1) is 11.8 Å². The fourth-order valence-corrected chi connectivity index (χ4v) is 7.41. The van der Waals surface area contributed by atoms with Crippen molar-refractivity contribution in [2.45, 2.75) is 182 Å². The summed E-state index contributed by atoms with van der Waals surface area (Å²) in [5.41, 5.74) is 0. The Morgan fingerprint density at radius 1 is 0.568 bits per heavy atom. The first-order valence-electron chi connectivity index (χ1n) is 19.4. The van der Waals surface area contributed by atoms with E-state index in [2.05, 4.69) is 32.8 Å². The van der Waals surface area contributed by atoms with Crippen molar-refractivity contribution >= 4 is 7.75 Å². The molecule has 0 aromatic rings. The van der Waals surface area contributed by atoms with Crippen LogP contribution in [0.15, 0.2) is 0 Å². The van der Waals surface area contributed by atoms with Gasteiger partial charge in [-0.2, -0.15) is 0 Å². The molecule has 2 unspecified atom stereocenters. The van der Waals surface area contributed by atoms with Gasteiger partial charge in [0.15, 0.2) is 0 Å². The molecule has 0 fully saturated rings. The van der Waals surface area contributed by atoms with Crippen molar-refractivity contribution in [2.75, 3.05) is 46.5 Å². The Morgan fingerprint density at radius 3 is 1.27 bits per heavy atom. The van der Waals surface area contributed by atoms with Gasteiger partial charge in [0.1, 0.15) is 0 Å². The maximum absolute atomic E-state index is 14.2. The highest BCUT2D eigenvalue weighted by atomic mass is 31.2. The molecule has 0 aliphatic carbocycles. The Balaban J connectivity index is 5.29. The summed E-state index contributed by atoms with van der Waals surface area (Å²) in [5.74, 6) is 0.864. The van der Waals surface area contributed by atoms with Gasteiger partial charge in [0.05, 0.1) is 19.8 Å². The predicted molar refractivity (Wildman–Crippen MR) is 193 cm³/mol. The molecule has 0 spiro atoms. The van der Waals surface area contributed by atoms with Gasteiger partial charge in [0.2, 0.25) is 0 Å². The summed E-state index contributed by atoms with van der Waals surface area (Å²) in [4.78, 5) is 2.04. The minimum atomic E-state index is -3.44. The van der Waals surface area contributed by atoms with E-state index in [4.69, 9.17) is 9.05 Å². The maximum atomic E-state index is 14.2. The maximum Gasteiger partial charge on any atom is 0.405 e. The topological polar surface area (TPSA) is 71.0 Å². The fourth-order valence-electron chi connectivity index (χ4n) is 5.96. The SMILES string of the molecule is CCCCCCCCC(CCCCCC)COP(=O)(NCCN(C)CCO)OCC(CCCCCC)CCCCCCCC. The smallest absolute Gasteiger partial charge is 0.395 e. The zero-order valence-electron chi connectivity index (χ0n) is 30.4. The van der Waals surface area contributed by atoms with Crippen molar-refractivity contribution < 1.29 is 18.7 Å². The van der Waals surface area contributed by atoms with Crippen LogP contribution >= 0.6 is 7.75 Å². The number of hydrogen-bond acceptors (Lipinski definition) is 5. The predicted octanol–water partition coefficient (Wildman–Crippen LogP) is 11.3. The third-order valence-corrected chi connectivity index (χ3v) is 10.7. The van der Waals surface area contributed by atoms with Gasteiger partial charge in [-0.15, -0.1) is 0 Å². The lowest BCUT2D eigenvalue weighted by atomic mass is 9.95. The Hall–Kier alpha value is 0.0300. The summed E-state index contributed by atoms with van der Waals surface area (Å²) < 4.78 is 26.8. The van der Waals surface area contributed by atoms with Crippen LogP contribution < -0.4 is 5.09 Å². The molecule has 0 bridgehead atoms. The number of unbranched alkanes of at least 4 members (excludes halogenated alkanes) is 16. The van der Waals surface area contributed by atoms with Crippen LogP contribution in [-0.4, -0.2) is 56.5 Å². The van der Waals surface area contributed by atoms with E-state index >= 15 is 0 Å². The monoisotopic (exact) mass is 647 g/mol. The van der Waals surface area contributed by atoms with E-state index < -0.39 is 7.75 Å². The molecule has 0 aliphatic heterocycles. The van der Waals surface area contributed by atoms with Crippen molar-refractivity contribution in [3.8, 4) is 0 Å². The van der Waals surface area contributed by atoms with Gasteiger partial charge in [0, 0.05) is 19.6 Å². The molecule has 6 nitrogen and oxygen atoms in total. The van der Waals surface area contributed by atoms with Crippen molar-refractivity contribution in [1.82, 2.24) is 9.99 Å². The van der Waals surface area contributed by atoms with Crippen molar-refractivity contribution in [3.63, 3.8) is 0 Å². The quantitative estimate of drug-likeness (QED) is 0.0521. The first kappa shape index (κ1) is 44.0. The van der Waals surface area contributed by atoms with E-state index in [1.807, 2.05) is 11.9 Å². The average molecular weight is 647 g/mol. The van der Waals surface area contributed by atoms with Gasteiger partial charge in [0.25, 0.3) is 0 Å².